The Morgan fingerprint density at radius 3 is 1.49 bits per heavy atom. The molecule has 57 heavy (non-hydrogen) atoms. The SMILES string of the molecule is CCCc1ccc(C2CCC(c3ccc(Oc4ccc(N5CC(=O)OC(=O)C5)cc4)cc3)(c3ccc(Oc4ccc(N5CC(C)OC(C)C5)cc4)cc3)CC2)cc1. The highest BCUT2D eigenvalue weighted by atomic mass is 16.6. The van der Waals surface area contributed by atoms with Crippen LogP contribution < -0.4 is 19.3 Å². The van der Waals surface area contributed by atoms with Crippen molar-refractivity contribution in [2.45, 2.75) is 82.8 Å². The molecule has 8 nitrogen and oxygen atoms in total. The van der Waals surface area contributed by atoms with Crippen molar-refractivity contribution < 1.29 is 28.5 Å². The van der Waals surface area contributed by atoms with Crippen molar-refractivity contribution in [3.63, 3.8) is 0 Å². The topological polar surface area (TPSA) is 77.5 Å². The molecule has 0 spiro atoms. The van der Waals surface area contributed by atoms with Gasteiger partial charge in [-0.2, -0.15) is 0 Å². The lowest BCUT2D eigenvalue weighted by atomic mass is 9.62. The van der Waals surface area contributed by atoms with Gasteiger partial charge in [0.1, 0.15) is 36.1 Å². The van der Waals surface area contributed by atoms with Crippen LogP contribution in [0.3, 0.4) is 0 Å². The van der Waals surface area contributed by atoms with E-state index >= 15 is 0 Å². The molecular formula is C49H52N2O6. The van der Waals surface area contributed by atoms with Gasteiger partial charge in [0, 0.05) is 29.9 Å². The molecule has 2 aliphatic heterocycles. The van der Waals surface area contributed by atoms with Crippen molar-refractivity contribution in [2.24, 2.45) is 0 Å². The van der Waals surface area contributed by atoms with E-state index in [2.05, 4.69) is 127 Å². The molecule has 0 amide bonds. The molecule has 5 aromatic rings. The van der Waals surface area contributed by atoms with E-state index < -0.39 is 11.9 Å². The van der Waals surface area contributed by atoms with Crippen LogP contribution in [-0.4, -0.2) is 50.3 Å². The lowest BCUT2D eigenvalue weighted by molar-refractivity contribution is -0.160. The fraction of sp³-hybridized carbons (Fsp3) is 0.347. The van der Waals surface area contributed by atoms with Crippen LogP contribution in [0.2, 0.25) is 0 Å². The number of rotatable bonds is 11. The van der Waals surface area contributed by atoms with Crippen LogP contribution in [0.5, 0.6) is 23.0 Å². The Hall–Kier alpha value is -5.60. The van der Waals surface area contributed by atoms with Crippen LogP contribution in [-0.2, 0) is 30.9 Å². The van der Waals surface area contributed by atoms with Gasteiger partial charge in [-0.1, -0.05) is 61.9 Å². The quantitative estimate of drug-likeness (QED) is 0.0972. The summed E-state index contributed by atoms with van der Waals surface area (Å²) in [4.78, 5) is 27.6. The van der Waals surface area contributed by atoms with Crippen molar-refractivity contribution in [1.82, 2.24) is 0 Å². The molecule has 8 rings (SSSR count). The highest BCUT2D eigenvalue weighted by Gasteiger charge is 2.39. The first-order valence-corrected chi connectivity index (χ1v) is 20.5. The van der Waals surface area contributed by atoms with Gasteiger partial charge in [-0.15, -0.1) is 0 Å². The minimum atomic E-state index is -0.543. The fourth-order valence-electron chi connectivity index (χ4n) is 8.97. The maximum absolute atomic E-state index is 11.8. The average Bonchev–Trinajstić information content (AvgIpc) is 3.22. The minimum absolute atomic E-state index is 0.0411. The molecule has 2 saturated heterocycles. The Bertz CT molecular complexity index is 2100. The lowest BCUT2D eigenvalue weighted by Crippen LogP contribution is -2.45. The molecule has 3 fully saturated rings. The first-order chi connectivity index (χ1) is 27.7. The zero-order chi connectivity index (χ0) is 39.4. The summed E-state index contributed by atoms with van der Waals surface area (Å²) in [6.07, 6.45) is 6.96. The maximum Gasteiger partial charge on any atom is 0.333 e. The number of hydrogen-bond donors (Lipinski definition) is 0. The van der Waals surface area contributed by atoms with Crippen LogP contribution in [0, 0.1) is 0 Å². The van der Waals surface area contributed by atoms with E-state index in [-0.39, 0.29) is 30.7 Å². The van der Waals surface area contributed by atoms with Crippen LogP contribution in [0.15, 0.2) is 121 Å². The van der Waals surface area contributed by atoms with Crippen molar-refractivity contribution in [3.8, 4) is 23.0 Å². The van der Waals surface area contributed by atoms with Gasteiger partial charge in [0.25, 0.3) is 0 Å². The summed E-state index contributed by atoms with van der Waals surface area (Å²) in [6, 6.07) is 42.4. The summed E-state index contributed by atoms with van der Waals surface area (Å²) >= 11 is 0. The van der Waals surface area contributed by atoms with Gasteiger partial charge in [0.05, 0.1) is 12.2 Å². The predicted octanol–water partition coefficient (Wildman–Crippen LogP) is 10.4. The van der Waals surface area contributed by atoms with E-state index in [0.717, 1.165) is 74.6 Å². The standard InChI is InChI=1S/C49H52N2O6/c1-4-5-36-6-8-37(9-7-36)38-26-28-49(29-27-38,39-10-18-43(19-11-39)55-45-22-14-41(15-23-45)50-30-34(2)54-35(3)31-50)40-12-20-44(21-13-40)56-46-24-16-42(17-25-46)51-32-47(52)57-48(53)33-51/h6-25,34-35,38H,4-5,26-33H2,1-3H3. The third-order valence-corrected chi connectivity index (χ3v) is 11.8. The number of benzene rings is 5. The first kappa shape index (κ1) is 38.3. The van der Waals surface area contributed by atoms with E-state index in [0.29, 0.717) is 11.7 Å². The van der Waals surface area contributed by atoms with E-state index in [1.807, 2.05) is 24.3 Å². The summed E-state index contributed by atoms with van der Waals surface area (Å²) in [7, 11) is 0. The number of nitrogens with zero attached hydrogens (tertiary/aromatic N) is 2. The summed E-state index contributed by atoms with van der Waals surface area (Å²) in [5.74, 6) is 2.49. The van der Waals surface area contributed by atoms with Crippen molar-refractivity contribution in [1.29, 1.82) is 0 Å². The number of esters is 2. The number of morpholine rings is 2. The zero-order valence-electron chi connectivity index (χ0n) is 33.2. The lowest BCUT2D eigenvalue weighted by Gasteiger charge is -2.41. The molecule has 0 radical (unpaired) electrons. The second-order valence-corrected chi connectivity index (χ2v) is 16.0. The van der Waals surface area contributed by atoms with E-state index in [1.165, 1.54) is 27.9 Å². The molecular weight excluding hydrogens is 713 g/mol. The molecule has 3 aliphatic rings. The van der Waals surface area contributed by atoms with Crippen molar-refractivity contribution >= 4 is 23.3 Å². The number of hydrogen-bond acceptors (Lipinski definition) is 8. The Morgan fingerprint density at radius 2 is 1.04 bits per heavy atom. The highest BCUT2D eigenvalue weighted by Crippen LogP contribution is 2.50. The van der Waals surface area contributed by atoms with Crippen LogP contribution in [0.1, 0.15) is 81.0 Å². The molecule has 2 unspecified atom stereocenters. The number of carbonyl (C=O) groups excluding carboxylic acids is 2. The van der Waals surface area contributed by atoms with Crippen LogP contribution >= 0.6 is 0 Å². The van der Waals surface area contributed by atoms with E-state index in [4.69, 9.17) is 14.2 Å². The van der Waals surface area contributed by atoms with Gasteiger partial charge in [0.15, 0.2) is 0 Å². The van der Waals surface area contributed by atoms with Crippen molar-refractivity contribution in [2.75, 3.05) is 36.0 Å². The minimum Gasteiger partial charge on any atom is -0.457 e. The van der Waals surface area contributed by atoms with Crippen molar-refractivity contribution in [3.05, 3.63) is 144 Å². The van der Waals surface area contributed by atoms with Crippen LogP contribution in [0.4, 0.5) is 11.4 Å². The number of anilines is 2. The smallest absolute Gasteiger partial charge is 0.333 e. The Labute approximate surface area is 336 Å². The monoisotopic (exact) mass is 764 g/mol. The first-order valence-electron chi connectivity index (χ1n) is 20.5. The summed E-state index contributed by atoms with van der Waals surface area (Å²) in [6.45, 7) is 8.34. The predicted molar refractivity (Wildman–Crippen MR) is 224 cm³/mol. The number of cyclic esters (lactones) is 2. The third-order valence-electron chi connectivity index (χ3n) is 11.8. The number of ether oxygens (including phenoxy) is 4. The number of carbonyl (C=O) groups is 2. The van der Waals surface area contributed by atoms with Gasteiger partial charge in [-0.25, -0.2) is 9.59 Å². The van der Waals surface area contributed by atoms with Crippen LogP contribution in [0.25, 0.3) is 0 Å². The molecule has 5 aromatic carbocycles. The third kappa shape index (κ3) is 8.87. The van der Waals surface area contributed by atoms with Gasteiger partial charge in [-0.3, -0.25) is 0 Å². The fourth-order valence-corrected chi connectivity index (χ4v) is 8.97. The molecule has 8 heteroatoms. The summed E-state index contributed by atoms with van der Waals surface area (Å²) in [5, 5.41) is 0. The largest absolute Gasteiger partial charge is 0.457 e. The molecule has 0 bridgehead atoms. The van der Waals surface area contributed by atoms with Gasteiger partial charge in [0.2, 0.25) is 0 Å². The van der Waals surface area contributed by atoms with Gasteiger partial charge >= 0.3 is 11.9 Å². The Morgan fingerprint density at radius 1 is 0.596 bits per heavy atom. The Kier molecular flexibility index (Phi) is 11.3. The molecule has 2 heterocycles. The molecule has 294 valence electrons. The number of aryl methyl sites for hydroxylation is 1. The Balaban J connectivity index is 0.989. The zero-order valence-corrected chi connectivity index (χ0v) is 33.2. The maximum atomic E-state index is 11.8. The highest BCUT2D eigenvalue weighted by molar-refractivity contribution is 5.94. The normalized spacial score (nSPS) is 22.5. The second-order valence-electron chi connectivity index (χ2n) is 16.0. The molecule has 1 aliphatic carbocycles. The molecule has 1 saturated carbocycles. The second kappa shape index (κ2) is 16.9. The molecule has 0 N–H and O–H groups in total. The summed E-state index contributed by atoms with van der Waals surface area (Å²) in [5.41, 5.74) is 7.22. The van der Waals surface area contributed by atoms with Gasteiger partial charge < -0.3 is 28.7 Å². The van der Waals surface area contributed by atoms with Gasteiger partial charge in [-0.05, 0) is 147 Å². The summed E-state index contributed by atoms with van der Waals surface area (Å²) < 4.78 is 23.2. The van der Waals surface area contributed by atoms with E-state index in [9.17, 15) is 9.59 Å². The van der Waals surface area contributed by atoms with E-state index in [1.54, 1.807) is 4.90 Å². The average molecular weight is 765 g/mol. The molecule has 2 atom stereocenters. The molecule has 0 aromatic heterocycles.